The van der Waals surface area contributed by atoms with Crippen LogP contribution in [-0.2, 0) is 10.0 Å². The van der Waals surface area contributed by atoms with Crippen molar-refractivity contribution >= 4 is 39.1 Å². The zero-order chi connectivity index (χ0) is 13.6. The van der Waals surface area contributed by atoms with Crippen molar-refractivity contribution in [3.8, 4) is 12.3 Å². The van der Waals surface area contributed by atoms with Crippen LogP contribution in [0.25, 0.3) is 0 Å². The molecule has 1 aromatic heterocycles. The van der Waals surface area contributed by atoms with Gasteiger partial charge in [-0.25, -0.2) is 22.9 Å². The predicted molar refractivity (Wildman–Crippen MR) is 70.4 cm³/mol. The lowest BCUT2D eigenvalue weighted by Gasteiger charge is -2.04. The number of carboxylic acids is 1. The zero-order valence-electron chi connectivity index (χ0n) is 9.12. The van der Waals surface area contributed by atoms with Crippen LogP contribution in [0, 0.1) is 12.3 Å². The highest BCUT2D eigenvalue weighted by Gasteiger charge is 2.25. The number of hydrogen-bond acceptors (Lipinski definition) is 6. The number of rotatable bonds is 7. The Hall–Kier alpha value is -1.08. The molecule has 1 rings (SSSR count). The molecule has 0 aliphatic rings. The molecule has 18 heavy (non-hydrogen) atoms. The fourth-order valence-corrected chi connectivity index (χ4v) is 3.87. The first-order valence-electron chi connectivity index (χ1n) is 4.66. The minimum absolute atomic E-state index is 0.186. The van der Waals surface area contributed by atoms with E-state index in [1.54, 1.807) is 0 Å². The van der Waals surface area contributed by atoms with Crippen molar-refractivity contribution < 1.29 is 18.3 Å². The second-order valence-corrected chi connectivity index (χ2v) is 6.87. The van der Waals surface area contributed by atoms with Crippen molar-refractivity contribution in [3.05, 3.63) is 11.2 Å². The molecule has 0 aliphatic heterocycles. The monoisotopic (exact) mass is 306 g/mol. The fourth-order valence-electron chi connectivity index (χ4n) is 1.01. The molecule has 98 valence electrons. The van der Waals surface area contributed by atoms with E-state index in [1.165, 1.54) is 17.3 Å². The zero-order valence-corrected chi connectivity index (χ0v) is 11.6. The first-order valence-corrected chi connectivity index (χ1v) is 8.18. The van der Waals surface area contributed by atoms with Gasteiger partial charge in [0.2, 0.25) is 0 Å². The second-order valence-electron chi connectivity index (χ2n) is 2.95. The summed E-state index contributed by atoms with van der Waals surface area (Å²) in [6, 6.07) is 0. The Balaban J connectivity index is 2.67. The van der Waals surface area contributed by atoms with E-state index in [0.29, 0.717) is 11.5 Å². The number of carbonyl (C=O) groups is 1. The quantitative estimate of drug-likeness (QED) is 0.562. The normalized spacial score (nSPS) is 11.1. The molecule has 0 atom stereocenters. The summed E-state index contributed by atoms with van der Waals surface area (Å²) in [6.45, 7) is 0.186. The summed E-state index contributed by atoms with van der Waals surface area (Å²) in [5.41, 5.74) is 0.731. The summed E-state index contributed by atoms with van der Waals surface area (Å²) < 4.78 is 25.6. The van der Waals surface area contributed by atoms with Gasteiger partial charge < -0.3 is 5.11 Å². The Morgan fingerprint density at radius 1 is 1.67 bits per heavy atom. The Labute approximate surface area is 113 Å². The molecule has 1 heterocycles. The van der Waals surface area contributed by atoms with Gasteiger partial charge in [-0.2, -0.15) is 0 Å². The van der Waals surface area contributed by atoms with Gasteiger partial charge in [-0.05, 0) is 0 Å². The molecule has 0 unspecified atom stereocenters. The Morgan fingerprint density at radius 2 is 2.39 bits per heavy atom. The standard InChI is InChI=1S/C9H10N2O4S3/c1-2-4-16-5-3-11-18(14,15)9-7(8(12)13)10-6-17-9/h1,6,11H,3-5H2,(H,12,13). The van der Waals surface area contributed by atoms with E-state index in [9.17, 15) is 13.2 Å². The minimum atomic E-state index is -3.82. The number of terminal acetylenes is 1. The Bertz CT molecular complexity index is 559. The predicted octanol–water partition coefficient (Wildman–Crippen LogP) is 0.486. The number of carboxylic acid groups (broad SMARTS) is 1. The lowest BCUT2D eigenvalue weighted by molar-refractivity contribution is 0.0687. The minimum Gasteiger partial charge on any atom is -0.476 e. The molecule has 9 heteroatoms. The molecule has 0 amide bonds. The van der Waals surface area contributed by atoms with E-state index in [1.807, 2.05) is 0 Å². The van der Waals surface area contributed by atoms with Crippen LogP contribution in [0.3, 0.4) is 0 Å². The van der Waals surface area contributed by atoms with E-state index < -0.39 is 21.7 Å². The summed E-state index contributed by atoms with van der Waals surface area (Å²) in [6.07, 6.45) is 5.05. The van der Waals surface area contributed by atoms with Crippen LogP contribution in [0.5, 0.6) is 0 Å². The molecule has 6 nitrogen and oxygen atoms in total. The molecule has 1 aromatic rings. The van der Waals surface area contributed by atoms with Crippen molar-refractivity contribution in [1.29, 1.82) is 0 Å². The van der Waals surface area contributed by atoms with Gasteiger partial charge in [0.05, 0.1) is 11.3 Å². The van der Waals surface area contributed by atoms with Gasteiger partial charge in [0.1, 0.15) is 0 Å². The van der Waals surface area contributed by atoms with Crippen molar-refractivity contribution in [3.63, 3.8) is 0 Å². The number of nitrogens with zero attached hydrogens (tertiary/aromatic N) is 1. The highest BCUT2D eigenvalue weighted by Crippen LogP contribution is 2.19. The molecule has 0 fully saturated rings. The van der Waals surface area contributed by atoms with Crippen LogP contribution >= 0.6 is 23.1 Å². The number of nitrogens with one attached hydrogen (secondary N) is 1. The lowest BCUT2D eigenvalue weighted by Crippen LogP contribution is -2.26. The Kier molecular flexibility index (Phi) is 5.61. The van der Waals surface area contributed by atoms with Gasteiger partial charge in [-0.15, -0.1) is 29.5 Å². The molecule has 0 radical (unpaired) electrons. The number of thiazole rings is 1. The van der Waals surface area contributed by atoms with E-state index in [0.717, 1.165) is 11.3 Å². The van der Waals surface area contributed by atoms with Crippen LogP contribution in [0.2, 0.25) is 0 Å². The SMILES string of the molecule is C#CCSCCNS(=O)(=O)c1scnc1C(=O)O. The molecular weight excluding hydrogens is 296 g/mol. The highest BCUT2D eigenvalue weighted by molar-refractivity contribution is 7.99. The van der Waals surface area contributed by atoms with Gasteiger partial charge in [-0.1, -0.05) is 5.92 Å². The number of sulfonamides is 1. The smallest absolute Gasteiger partial charge is 0.356 e. The average molecular weight is 306 g/mol. The van der Waals surface area contributed by atoms with Gasteiger partial charge in [0.15, 0.2) is 9.90 Å². The third-order valence-corrected chi connectivity index (χ3v) is 5.40. The summed E-state index contributed by atoms with van der Waals surface area (Å²) in [4.78, 5) is 14.3. The van der Waals surface area contributed by atoms with Crippen LogP contribution in [-0.4, -0.2) is 42.5 Å². The van der Waals surface area contributed by atoms with Gasteiger partial charge >= 0.3 is 5.97 Å². The van der Waals surface area contributed by atoms with Crippen LogP contribution in [0.1, 0.15) is 10.5 Å². The summed E-state index contributed by atoms with van der Waals surface area (Å²) in [5.74, 6) is 2.08. The summed E-state index contributed by atoms with van der Waals surface area (Å²) in [7, 11) is -3.82. The first-order chi connectivity index (χ1) is 8.49. The van der Waals surface area contributed by atoms with Gasteiger partial charge in [0, 0.05) is 12.3 Å². The van der Waals surface area contributed by atoms with Crippen LogP contribution in [0.4, 0.5) is 0 Å². The summed E-state index contributed by atoms with van der Waals surface area (Å²) >= 11 is 2.18. The maximum Gasteiger partial charge on any atom is 0.356 e. The number of thioether (sulfide) groups is 1. The van der Waals surface area contributed by atoms with Crippen molar-refractivity contribution in [1.82, 2.24) is 9.71 Å². The maximum absolute atomic E-state index is 11.8. The average Bonchev–Trinajstić information content (AvgIpc) is 2.78. The van der Waals surface area contributed by atoms with Crippen molar-refractivity contribution in [2.75, 3.05) is 18.1 Å². The first kappa shape index (κ1) is 15.0. The summed E-state index contributed by atoms with van der Waals surface area (Å²) in [5, 5.41) is 8.79. The number of aromatic nitrogens is 1. The highest BCUT2D eigenvalue weighted by atomic mass is 32.2. The van der Waals surface area contributed by atoms with Crippen molar-refractivity contribution in [2.24, 2.45) is 0 Å². The second kappa shape index (κ2) is 6.75. The molecule has 0 saturated heterocycles. The van der Waals surface area contributed by atoms with E-state index in [2.05, 4.69) is 15.6 Å². The molecule has 0 spiro atoms. The Morgan fingerprint density at radius 3 is 3.00 bits per heavy atom. The molecular formula is C9H10N2O4S3. The van der Waals surface area contributed by atoms with E-state index in [-0.39, 0.29) is 10.8 Å². The number of aromatic carboxylic acids is 1. The van der Waals surface area contributed by atoms with Crippen LogP contribution in [0.15, 0.2) is 9.72 Å². The molecule has 0 aromatic carbocycles. The van der Waals surface area contributed by atoms with E-state index >= 15 is 0 Å². The van der Waals surface area contributed by atoms with Gasteiger partial charge in [-0.3, -0.25) is 0 Å². The van der Waals surface area contributed by atoms with Crippen molar-refractivity contribution in [2.45, 2.75) is 4.21 Å². The molecule has 0 aliphatic carbocycles. The largest absolute Gasteiger partial charge is 0.476 e. The molecule has 2 N–H and O–H groups in total. The van der Waals surface area contributed by atoms with E-state index in [4.69, 9.17) is 11.5 Å². The topological polar surface area (TPSA) is 96.4 Å². The third kappa shape index (κ3) is 3.99. The fraction of sp³-hybridized carbons (Fsp3) is 0.333. The molecule has 0 bridgehead atoms. The van der Waals surface area contributed by atoms with Crippen LogP contribution < -0.4 is 4.72 Å². The van der Waals surface area contributed by atoms with Gasteiger partial charge in [0.25, 0.3) is 10.0 Å². The lowest BCUT2D eigenvalue weighted by atomic mass is 10.5. The maximum atomic E-state index is 11.8. The molecule has 0 saturated carbocycles. The number of hydrogen-bond donors (Lipinski definition) is 2. The third-order valence-electron chi connectivity index (χ3n) is 1.71.